The highest BCUT2D eigenvalue weighted by molar-refractivity contribution is 6.74. The van der Waals surface area contributed by atoms with E-state index in [1.807, 2.05) is 0 Å². The number of allylic oxidation sites excluding steroid dienone is 2. The average molecular weight is 431 g/mol. The van der Waals surface area contributed by atoms with Gasteiger partial charge in [0.1, 0.15) is 0 Å². The first-order chi connectivity index (χ1) is 13.8. The zero-order valence-corrected chi connectivity index (χ0v) is 21.9. The summed E-state index contributed by atoms with van der Waals surface area (Å²) < 4.78 is 6.89. The van der Waals surface area contributed by atoms with E-state index < -0.39 is 8.32 Å². The standard InChI is InChI=1S/C27H46O2Si/c1-9-21-24(28)17-23-20-11-10-18-16-19(29-30(7,8)25(2,3)4)12-14-26(18,5)22(20)13-15-27(21,23)6/h9,18-20,22-23H,10-17H2,1-8H3/t18-,19-,20+,22-,23-,26-,27+/m0/s1. The summed E-state index contributed by atoms with van der Waals surface area (Å²) in [6, 6.07) is 0. The SMILES string of the molecule is CC=C1C(=O)C[C@H]2[C@@H]3CC[C@H]4C[C@@H](O[Si](C)(C)C(C)(C)C)CC[C@]4(C)[C@H]3CC[C@]12C. The molecule has 0 heterocycles. The van der Waals surface area contributed by atoms with Gasteiger partial charge in [0.25, 0.3) is 0 Å². The molecule has 3 heteroatoms. The Morgan fingerprint density at radius 1 is 1.03 bits per heavy atom. The van der Waals surface area contributed by atoms with Crippen LogP contribution in [0.5, 0.6) is 0 Å². The highest BCUT2D eigenvalue weighted by Gasteiger charge is 2.60. The van der Waals surface area contributed by atoms with E-state index in [1.54, 1.807) is 0 Å². The van der Waals surface area contributed by atoms with Gasteiger partial charge in [-0.15, -0.1) is 0 Å². The highest BCUT2D eigenvalue weighted by Crippen LogP contribution is 2.67. The molecule has 30 heavy (non-hydrogen) atoms. The molecule has 4 rings (SSSR count). The molecule has 4 aliphatic rings. The molecule has 0 aromatic heterocycles. The minimum absolute atomic E-state index is 0.152. The van der Waals surface area contributed by atoms with E-state index in [-0.39, 0.29) is 5.41 Å². The normalized spacial score (nSPS) is 45.8. The lowest BCUT2D eigenvalue weighted by Crippen LogP contribution is -2.54. The fourth-order valence-electron chi connectivity index (χ4n) is 8.07. The second-order valence-electron chi connectivity index (χ2n) is 13.2. The first-order valence-electron chi connectivity index (χ1n) is 12.7. The van der Waals surface area contributed by atoms with Crippen molar-refractivity contribution in [3.63, 3.8) is 0 Å². The van der Waals surface area contributed by atoms with E-state index in [0.717, 1.165) is 29.7 Å². The summed E-state index contributed by atoms with van der Waals surface area (Å²) in [4.78, 5) is 12.8. The maximum absolute atomic E-state index is 12.8. The van der Waals surface area contributed by atoms with Crippen molar-refractivity contribution in [1.82, 2.24) is 0 Å². The van der Waals surface area contributed by atoms with Gasteiger partial charge in [0.2, 0.25) is 0 Å². The van der Waals surface area contributed by atoms with Gasteiger partial charge >= 0.3 is 0 Å². The van der Waals surface area contributed by atoms with Gasteiger partial charge in [-0.25, -0.2) is 0 Å². The summed E-state index contributed by atoms with van der Waals surface area (Å²) in [6.45, 7) is 19.0. The Morgan fingerprint density at radius 3 is 2.37 bits per heavy atom. The van der Waals surface area contributed by atoms with Crippen LogP contribution in [-0.4, -0.2) is 20.2 Å². The summed E-state index contributed by atoms with van der Waals surface area (Å²) >= 11 is 0. The summed E-state index contributed by atoms with van der Waals surface area (Å²) in [5, 5.41) is 0.290. The second-order valence-corrected chi connectivity index (χ2v) is 18.0. The minimum Gasteiger partial charge on any atom is -0.414 e. The molecule has 0 N–H and O–H groups in total. The molecule has 4 aliphatic carbocycles. The molecule has 0 amide bonds. The van der Waals surface area contributed by atoms with Crippen LogP contribution in [0.25, 0.3) is 0 Å². The predicted molar refractivity (Wildman–Crippen MR) is 128 cm³/mol. The Labute approximate surface area is 186 Å². The molecule has 4 saturated carbocycles. The molecule has 0 aromatic carbocycles. The highest BCUT2D eigenvalue weighted by atomic mass is 28.4. The molecule has 0 radical (unpaired) electrons. The van der Waals surface area contributed by atoms with Crippen molar-refractivity contribution < 1.29 is 9.22 Å². The molecule has 170 valence electrons. The zero-order chi connectivity index (χ0) is 22.1. The van der Waals surface area contributed by atoms with Crippen LogP contribution >= 0.6 is 0 Å². The number of fused-ring (bicyclic) bond motifs is 5. The lowest BCUT2D eigenvalue weighted by molar-refractivity contribution is -0.119. The van der Waals surface area contributed by atoms with Gasteiger partial charge < -0.3 is 4.43 Å². The minimum atomic E-state index is -1.70. The van der Waals surface area contributed by atoms with E-state index in [2.05, 4.69) is 60.7 Å². The number of carbonyl (C=O) groups excluding carboxylic acids is 1. The fourth-order valence-corrected chi connectivity index (χ4v) is 9.47. The summed E-state index contributed by atoms with van der Waals surface area (Å²) in [6.07, 6.45) is 12.5. The van der Waals surface area contributed by atoms with Crippen molar-refractivity contribution in [2.24, 2.45) is 34.5 Å². The van der Waals surface area contributed by atoms with Crippen molar-refractivity contribution in [1.29, 1.82) is 0 Å². The van der Waals surface area contributed by atoms with Crippen LogP contribution in [-0.2, 0) is 9.22 Å². The van der Waals surface area contributed by atoms with Crippen LogP contribution in [0.1, 0.15) is 92.9 Å². The Bertz CT molecular complexity index is 732. The van der Waals surface area contributed by atoms with Crippen LogP contribution in [0.2, 0.25) is 18.1 Å². The number of hydrogen-bond donors (Lipinski definition) is 0. The first kappa shape index (κ1) is 22.8. The lowest BCUT2D eigenvalue weighted by Gasteiger charge is -2.61. The molecule has 0 saturated heterocycles. The summed E-state index contributed by atoms with van der Waals surface area (Å²) in [7, 11) is -1.70. The molecule has 0 aliphatic heterocycles. The number of hydrogen-bond acceptors (Lipinski definition) is 2. The van der Waals surface area contributed by atoms with Crippen LogP contribution in [0, 0.1) is 34.5 Å². The van der Waals surface area contributed by atoms with Gasteiger partial charge in [0.05, 0.1) is 0 Å². The molecule has 4 fully saturated rings. The largest absolute Gasteiger partial charge is 0.414 e. The molecule has 0 aromatic rings. The van der Waals surface area contributed by atoms with E-state index in [1.165, 1.54) is 44.9 Å². The Morgan fingerprint density at radius 2 is 1.73 bits per heavy atom. The molecule has 2 nitrogen and oxygen atoms in total. The van der Waals surface area contributed by atoms with Crippen molar-refractivity contribution in [3.05, 3.63) is 11.6 Å². The summed E-state index contributed by atoms with van der Waals surface area (Å²) in [5.74, 6) is 3.42. The smallest absolute Gasteiger partial charge is 0.192 e. The first-order valence-corrected chi connectivity index (χ1v) is 15.6. The van der Waals surface area contributed by atoms with Crippen molar-refractivity contribution in [2.75, 3.05) is 0 Å². The fraction of sp³-hybridized carbons (Fsp3) is 0.889. The van der Waals surface area contributed by atoms with Crippen LogP contribution in [0.3, 0.4) is 0 Å². The monoisotopic (exact) mass is 430 g/mol. The zero-order valence-electron chi connectivity index (χ0n) is 20.9. The van der Waals surface area contributed by atoms with Crippen LogP contribution in [0.15, 0.2) is 11.6 Å². The molecule has 0 spiro atoms. The third-order valence-corrected chi connectivity index (χ3v) is 15.4. The third kappa shape index (κ3) is 3.32. The number of carbonyl (C=O) groups is 1. The average Bonchev–Trinajstić information content (AvgIpc) is 2.90. The van der Waals surface area contributed by atoms with Gasteiger partial charge in [-0.1, -0.05) is 40.7 Å². The van der Waals surface area contributed by atoms with Crippen molar-refractivity contribution in [3.8, 4) is 0 Å². The van der Waals surface area contributed by atoms with Gasteiger partial charge in [0.15, 0.2) is 14.1 Å². The number of rotatable bonds is 2. The topological polar surface area (TPSA) is 26.3 Å². The lowest BCUT2D eigenvalue weighted by atomic mass is 9.45. The quantitative estimate of drug-likeness (QED) is 0.334. The Hall–Kier alpha value is -0.413. The van der Waals surface area contributed by atoms with Gasteiger partial charge in [-0.2, -0.15) is 0 Å². The predicted octanol–water partition coefficient (Wildman–Crippen LogP) is 7.54. The van der Waals surface area contributed by atoms with Gasteiger partial charge in [-0.3, -0.25) is 4.79 Å². The molecule has 0 bridgehead atoms. The van der Waals surface area contributed by atoms with E-state index in [4.69, 9.17) is 4.43 Å². The number of Topliss-reactive ketones (excluding diaryl/α,β-unsaturated/α-hetero) is 1. The number of ketones is 1. The Kier molecular flexibility index (Phi) is 5.54. The molecule has 0 unspecified atom stereocenters. The molecular weight excluding hydrogens is 384 g/mol. The van der Waals surface area contributed by atoms with Crippen molar-refractivity contribution in [2.45, 2.75) is 117 Å². The van der Waals surface area contributed by atoms with E-state index in [9.17, 15) is 4.79 Å². The third-order valence-electron chi connectivity index (χ3n) is 10.9. The van der Waals surface area contributed by atoms with Crippen LogP contribution < -0.4 is 0 Å². The Balaban J connectivity index is 1.51. The van der Waals surface area contributed by atoms with E-state index in [0.29, 0.717) is 28.3 Å². The van der Waals surface area contributed by atoms with E-state index >= 15 is 0 Å². The van der Waals surface area contributed by atoms with Crippen molar-refractivity contribution >= 4 is 14.1 Å². The van der Waals surface area contributed by atoms with Gasteiger partial charge in [0, 0.05) is 12.5 Å². The second kappa shape index (κ2) is 7.30. The summed E-state index contributed by atoms with van der Waals surface area (Å²) in [5.41, 5.74) is 1.77. The van der Waals surface area contributed by atoms with Gasteiger partial charge in [-0.05, 0) is 110 Å². The maximum atomic E-state index is 12.8. The molecule has 7 atom stereocenters. The van der Waals surface area contributed by atoms with Crippen LogP contribution in [0.4, 0.5) is 0 Å². The molecular formula is C27H46O2Si. The maximum Gasteiger partial charge on any atom is 0.192 e.